The summed E-state index contributed by atoms with van der Waals surface area (Å²) >= 11 is 1.77. The molecule has 0 fully saturated rings. The fourth-order valence-corrected chi connectivity index (χ4v) is 2.99. The molecule has 0 saturated heterocycles. The first kappa shape index (κ1) is 12.0. The molecule has 1 aromatic rings. The van der Waals surface area contributed by atoms with E-state index < -0.39 is 0 Å². The molecular weight excluding hydrogens is 230 g/mol. The molecule has 3 nitrogen and oxygen atoms in total. The summed E-state index contributed by atoms with van der Waals surface area (Å²) < 4.78 is 0. The summed E-state index contributed by atoms with van der Waals surface area (Å²) in [6.45, 7) is 4.35. The van der Waals surface area contributed by atoms with Gasteiger partial charge < -0.3 is 5.32 Å². The lowest BCUT2D eigenvalue weighted by atomic mass is 10.2. The van der Waals surface area contributed by atoms with Gasteiger partial charge in [-0.2, -0.15) is 5.26 Å². The molecule has 0 saturated carbocycles. The highest BCUT2D eigenvalue weighted by Gasteiger charge is 2.18. The number of thioether (sulfide) groups is 1. The minimum absolute atomic E-state index is 0.382. The molecule has 1 aromatic carbocycles. The molecule has 1 heterocycles. The Morgan fingerprint density at radius 3 is 2.65 bits per heavy atom. The zero-order valence-corrected chi connectivity index (χ0v) is 10.8. The van der Waals surface area contributed by atoms with E-state index in [0.717, 1.165) is 17.3 Å². The van der Waals surface area contributed by atoms with Gasteiger partial charge in [-0.1, -0.05) is 18.7 Å². The van der Waals surface area contributed by atoms with Crippen LogP contribution in [0.2, 0.25) is 0 Å². The van der Waals surface area contributed by atoms with E-state index in [1.807, 2.05) is 24.3 Å². The van der Waals surface area contributed by atoms with Gasteiger partial charge in [0.1, 0.15) is 0 Å². The van der Waals surface area contributed by atoms with Gasteiger partial charge in [0.2, 0.25) is 0 Å². The highest BCUT2D eigenvalue weighted by Crippen LogP contribution is 2.25. The lowest BCUT2D eigenvalue weighted by molar-refractivity contribution is 0.661. The van der Waals surface area contributed by atoms with Crippen molar-refractivity contribution in [1.82, 2.24) is 0 Å². The van der Waals surface area contributed by atoms with Crippen molar-refractivity contribution < 1.29 is 0 Å². The molecular formula is C13H15N3S. The van der Waals surface area contributed by atoms with Crippen LogP contribution in [0.1, 0.15) is 25.8 Å². The number of nitrogens with zero attached hydrogens (tertiary/aromatic N) is 2. The third kappa shape index (κ3) is 3.24. The lowest BCUT2D eigenvalue weighted by Gasteiger charge is -2.22. The number of hydrogen-bond donors (Lipinski definition) is 1. The lowest BCUT2D eigenvalue weighted by Crippen LogP contribution is -2.22. The molecule has 2 unspecified atom stereocenters. The van der Waals surface area contributed by atoms with Crippen molar-refractivity contribution in [3.8, 4) is 6.07 Å². The molecule has 4 heteroatoms. The first-order valence-corrected chi connectivity index (χ1v) is 6.57. The summed E-state index contributed by atoms with van der Waals surface area (Å²) in [6, 6.07) is 9.92. The topological polar surface area (TPSA) is 48.2 Å². The predicted octanol–water partition coefficient (Wildman–Crippen LogP) is 3.24. The summed E-state index contributed by atoms with van der Waals surface area (Å²) in [7, 11) is 0. The van der Waals surface area contributed by atoms with E-state index in [9.17, 15) is 0 Å². The minimum Gasteiger partial charge on any atom is -0.335 e. The molecule has 1 aliphatic rings. The van der Waals surface area contributed by atoms with Crippen molar-refractivity contribution in [3.63, 3.8) is 0 Å². The molecule has 0 bridgehead atoms. The first-order chi connectivity index (χ1) is 8.17. The van der Waals surface area contributed by atoms with Crippen LogP contribution in [0.3, 0.4) is 0 Å². The van der Waals surface area contributed by atoms with Crippen molar-refractivity contribution in [2.45, 2.75) is 31.6 Å². The molecule has 0 aromatic heterocycles. The van der Waals surface area contributed by atoms with Crippen LogP contribution in [0.15, 0.2) is 29.3 Å². The van der Waals surface area contributed by atoms with E-state index in [-0.39, 0.29) is 0 Å². The van der Waals surface area contributed by atoms with Crippen LogP contribution in [0.4, 0.5) is 5.69 Å². The molecule has 0 aliphatic carbocycles. The van der Waals surface area contributed by atoms with Gasteiger partial charge in [0.15, 0.2) is 5.17 Å². The minimum atomic E-state index is 0.382. The number of rotatable bonds is 1. The summed E-state index contributed by atoms with van der Waals surface area (Å²) in [4.78, 5) is 4.57. The van der Waals surface area contributed by atoms with Gasteiger partial charge in [0.05, 0.1) is 17.7 Å². The molecule has 1 aliphatic heterocycles. The molecule has 0 radical (unpaired) electrons. The van der Waals surface area contributed by atoms with E-state index in [1.54, 1.807) is 11.8 Å². The Hall–Kier alpha value is -1.47. The van der Waals surface area contributed by atoms with Crippen molar-refractivity contribution in [2.75, 3.05) is 5.32 Å². The fraction of sp³-hybridized carbons (Fsp3) is 0.385. The number of nitriles is 1. The average Bonchev–Trinajstić information content (AvgIpc) is 2.28. The van der Waals surface area contributed by atoms with E-state index in [0.29, 0.717) is 16.9 Å². The van der Waals surface area contributed by atoms with Crippen LogP contribution in [0.25, 0.3) is 0 Å². The zero-order valence-electron chi connectivity index (χ0n) is 9.97. The van der Waals surface area contributed by atoms with Crippen LogP contribution in [-0.4, -0.2) is 16.5 Å². The predicted molar refractivity (Wildman–Crippen MR) is 73.3 cm³/mol. The van der Waals surface area contributed by atoms with Crippen molar-refractivity contribution >= 4 is 22.6 Å². The molecule has 2 atom stereocenters. The SMILES string of the molecule is CC1CC(C)SC(Nc2ccc(C#N)cc2)=N1. The molecule has 88 valence electrons. The number of amidine groups is 1. The van der Waals surface area contributed by atoms with Crippen molar-refractivity contribution in [2.24, 2.45) is 4.99 Å². The molecule has 2 rings (SSSR count). The number of aliphatic imine (C=N–C) groups is 1. The molecule has 0 amide bonds. The van der Waals surface area contributed by atoms with Crippen LogP contribution in [-0.2, 0) is 0 Å². The summed E-state index contributed by atoms with van der Waals surface area (Å²) in [5.41, 5.74) is 1.66. The Bertz CT molecular complexity index is 459. The third-order valence-electron chi connectivity index (χ3n) is 2.59. The maximum absolute atomic E-state index is 8.72. The monoisotopic (exact) mass is 245 g/mol. The quantitative estimate of drug-likeness (QED) is 0.826. The van der Waals surface area contributed by atoms with Gasteiger partial charge in [-0.15, -0.1) is 0 Å². The Labute approximate surface area is 106 Å². The van der Waals surface area contributed by atoms with Crippen molar-refractivity contribution in [3.05, 3.63) is 29.8 Å². The summed E-state index contributed by atoms with van der Waals surface area (Å²) in [6.07, 6.45) is 1.13. The van der Waals surface area contributed by atoms with Gasteiger partial charge >= 0.3 is 0 Å². The summed E-state index contributed by atoms with van der Waals surface area (Å²) in [5.74, 6) is 0. The molecule has 1 N–H and O–H groups in total. The maximum atomic E-state index is 8.72. The average molecular weight is 245 g/mol. The van der Waals surface area contributed by atoms with Gasteiger partial charge in [0.25, 0.3) is 0 Å². The fourth-order valence-electron chi connectivity index (χ4n) is 1.82. The highest BCUT2D eigenvalue weighted by molar-refractivity contribution is 8.14. The highest BCUT2D eigenvalue weighted by atomic mass is 32.2. The summed E-state index contributed by atoms with van der Waals surface area (Å²) in [5, 5.41) is 13.6. The van der Waals surface area contributed by atoms with Crippen LogP contribution < -0.4 is 5.32 Å². The standard InChI is InChI=1S/C13H15N3S/c1-9-7-10(2)17-13(15-9)16-12-5-3-11(8-14)4-6-12/h3-6,9-10H,7H2,1-2H3,(H,15,16). The number of hydrogen-bond acceptors (Lipinski definition) is 4. The van der Waals surface area contributed by atoms with E-state index >= 15 is 0 Å². The zero-order chi connectivity index (χ0) is 12.3. The van der Waals surface area contributed by atoms with Crippen LogP contribution in [0.5, 0.6) is 0 Å². The number of nitrogens with one attached hydrogen (secondary N) is 1. The van der Waals surface area contributed by atoms with Crippen LogP contribution in [0, 0.1) is 11.3 Å². The smallest absolute Gasteiger partial charge is 0.161 e. The second kappa shape index (κ2) is 5.24. The van der Waals surface area contributed by atoms with Gasteiger partial charge in [-0.25, -0.2) is 0 Å². The van der Waals surface area contributed by atoms with E-state index in [1.165, 1.54) is 0 Å². The normalized spacial score (nSPS) is 23.7. The van der Waals surface area contributed by atoms with Gasteiger partial charge in [-0.3, -0.25) is 4.99 Å². The second-order valence-corrected chi connectivity index (χ2v) is 5.69. The third-order valence-corrected chi connectivity index (χ3v) is 3.61. The molecule has 0 spiro atoms. The maximum Gasteiger partial charge on any atom is 0.161 e. The van der Waals surface area contributed by atoms with E-state index in [4.69, 9.17) is 5.26 Å². The van der Waals surface area contributed by atoms with Gasteiger partial charge in [-0.05, 0) is 37.6 Å². The van der Waals surface area contributed by atoms with Gasteiger partial charge in [0, 0.05) is 10.9 Å². The first-order valence-electron chi connectivity index (χ1n) is 5.69. The largest absolute Gasteiger partial charge is 0.335 e. The Kier molecular flexibility index (Phi) is 3.70. The van der Waals surface area contributed by atoms with Crippen molar-refractivity contribution in [1.29, 1.82) is 5.26 Å². The second-order valence-electron chi connectivity index (χ2n) is 4.26. The Morgan fingerprint density at radius 2 is 2.06 bits per heavy atom. The Balaban J connectivity index is 2.07. The number of anilines is 1. The number of benzene rings is 1. The van der Waals surface area contributed by atoms with E-state index in [2.05, 4.69) is 30.2 Å². The van der Waals surface area contributed by atoms with Crippen LogP contribution >= 0.6 is 11.8 Å². The molecule has 17 heavy (non-hydrogen) atoms. The Morgan fingerprint density at radius 1 is 1.35 bits per heavy atom.